The van der Waals surface area contributed by atoms with Crippen LogP contribution < -0.4 is 10.5 Å². The van der Waals surface area contributed by atoms with E-state index in [1.54, 1.807) is 24.5 Å². The molecule has 0 radical (unpaired) electrons. The van der Waals surface area contributed by atoms with Gasteiger partial charge < -0.3 is 5.73 Å². The maximum atomic E-state index is 12.1. The second-order valence-electron chi connectivity index (χ2n) is 4.50. The second kappa shape index (κ2) is 6.82. The molecule has 0 spiro atoms. The van der Waals surface area contributed by atoms with E-state index >= 15 is 0 Å². The maximum Gasteiger partial charge on any atom is 0.233 e. The SMILES string of the molecule is Cc1cnccc1NS(=O)(=O)CCSc1ccccc1N. The van der Waals surface area contributed by atoms with E-state index in [-0.39, 0.29) is 5.75 Å². The summed E-state index contributed by atoms with van der Waals surface area (Å²) < 4.78 is 26.7. The zero-order valence-electron chi connectivity index (χ0n) is 11.6. The van der Waals surface area contributed by atoms with E-state index in [4.69, 9.17) is 5.73 Å². The molecule has 0 fully saturated rings. The van der Waals surface area contributed by atoms with Crippen LogP contribution in [0.5, 0.6) is 0 Å². The third kappa shape index (κ3) is 4.64. The fraction of sp³-hybridized carbons (Fsp3) is 0.214. The first kappa shape index (κ1) is 15.7. The first-order valence-electron chi connectivity index (χ1n) is 6.36. The summed E-state index contributed by atoms with van der Waals surface area (Å²) in [7, 11) is -3.38. The number of hydrogen-bond acceptors (Lipinski definition) is 5. The predicted octanol–water partition coefficient (Wildman–Crippen LogP) is 2.51. The number of aromatic nitrogens is 1. The monoisotopic (exact) mass is 323 g/mol. The van der Waals surface area contributed by atoms with E-state index in [1.807, 2.05) is 25.1 Å². The number of rotatable bonds is 6. The minimum atomic E-state index is -3.38. The van der Waals surface area contributed by atoms with Gasteiger partial charge in [0.1, 0.15) is 0 Å². The van der Waals surface area contributed by atoms with Crippen molar-refractivity contribution < 1.29 is 8.42 Å². The molecule has 0 amide bonds. The average Bonchev–Trinajstić information content (AvgIpc) is 2.43. The minimum Gasteiger partial charge on any atom is -0.398 e. The van der Waals surface area contributed by atoms with E-state index in [1.165, 1.54) is 11.8 Å². The lowest BCUT2D eigenvalue weighted by atomic mass is 10.3. The van der Waals surface area contributed by atoms with Crippen LogP contribution in [0, 0.1) is 6.92 Å². The number of benzene rings is 1. The molecule has 5 nitrogen and oxygen atoms in total. The number of hydrogen-bond donors (Lipinski definition) is 2. The Balaban J connectivity index is 1.93. The molecule has 3 N–H and O–H groups in total. The quantitative estimate of drug-likeness (QED) is 0.630. The Labute approximate surface area is 129 Å². The third-order valence-electron chi connectivity index (χ3n) is 2.81. The van der Waals surface area contributed by atoms with E-state index in [0.29, 0.717) is 17.1 Å². The van der Waals surface area contributed by atoms with Crippen molar-refractivity contribution in [1.82, 2.24) is 4.98 Å². The molecule has 112 valence electrons. The molecule has 0 saturated carbocycles. The van der Waals surface area contributed by atoms with Gasteiger partial charge in [0.15, 0.2) is 0 Å². The summed E-state index contributed by atoms with van der Waals surface area (Å²) in [5.41, 5.74) is 7.84. The van der Waals surface area contributed by atoms with Gasteiger partial charge in [0.05, 0.1) is 11.4 Å². The number of aryl methyl sites for hydroxylation is 1. The van der Waals surface area contributed by atoms with Crippen molar-refractivity contribution in [2.24, 2.45) is 0 Å². The molecule has 21 heavy (non-hydrogen) atoms. The van der Waals surface area contributed by atoms with Crippen molar-refractivity contribution in [3.63, 3.8) is 0 Å². The summed E-state index contributed by atoms with van der Waals surface area (Å²) >= 11 is 1.43. The van der Waals surface area contributed by atoms with Gasteiger partial charge in [-0.3, -0.25) is 9.71 Å². The van der Waals surface area contributed by atoms with Crippen LogP contribution in [0.4, 0.5) is 11.4 Å². The molecular weight excluding hydrogens is 306 g/mol. The first-order chi connectivity index (χ1) is 9.98. The van der Waals surface area contributed by atoms with Crippen molar-refractivity contribution >= 4 is 33.2 Å². The fourth-order valence-corrected chi connectivity index (χ4v) is 4.19. The van der Waals surface area contributed by atoms with Gasteiger partial charge in [-0.25, -0.2) is 8.42 Å². The first-order valence-corrected chi connectivity index (χ1v) is 9.00. The van der Waals surface area contributed by atoms with Crippen molar-refractivity contribution in [2.75, 3.05) is 22.0 Å². The largest absolute Gasteiger partial charge is 0.398 e. The lowest BCUT2D eigenvalue weighted by Gasteiger charge is -2.10. The van der Waals surface area contributed by atoms with Gasteiger partial charge in [-0.05, 0) is 30.7 Å². The number of nitrogens with zero attached hydrogens (tertiary/aromatic N) is 1. The highest BCUT2D eigenvalue weighted by molar-refractivity contribution is 8.01. The highest BCUT2D eigenvalue weighted by Crippen LogP contribution is 2.24. The summed E-state index contributed by atoms with van der Waals surface area (Å²) in [5, 5.41) is 0. The number of nitrogens with one attached hydrogen (secondary N) is 1. The van der Waals surface area contributed by atoms with Gasteiger partial charge in [0.25, 0.3) is 0 Å². The van der Waals surface area contributed by atoms with Gasteiger partial charge in [0, 0.05) is 28.7 Å². The number of pyridine rings is 1. The number of para-hydroxylation sites is 1. The van der Waals surface area contributed by atoms with Gasteiger partial charge in [-0.15, -0.1) is 11.8 Å². The third-order valence-corrected chi connectivity index (χ3v) is 5.44. The number of anilines is 2. The number of sulfonamides is 1. The number of thioether (sulfide) groups is 1. The Morgan fingerprint density at radius 1 is 1.29 bits per heavy atom. The van der Waals surface area contributed by atoms with E-state index in [2.05, 4.69) is 9.71 Å². The molecule has 7 heteroatoms. The summed E-state index contributed by atoms with van der Waals surface area (Å²) in [6, 6.07) is 9.06. The molecule has 0 aliphatic rings. The molecule has 0 bridgehead atoms. The summed E-state index contributed by atoms with van der Waals surface area (Å²) in [5.74, 6) is 0.460. The molecular formula is C14H17N3O2S2. The van der Waals surface area contributed by atoms with Crippen LogP contribution >= 0.6 is 11.8 Å². The van der Waals surface area contributed by atoms with E-state index in [0.717, 1.165) is 10.5 Å². The minimum absolute atomic E-state index is 0.0216. The van der Waals surface area contributed by atoms with Crippen LogP contribution in [0.15, 0.2) is 47.6 Å². The second-order valence-corrected chi connectivity index (χ2v) is 7.48. The van der Waals surface area contributed by atoms with Crippen molar-refractivity contribution in [2.45, 2.75) is 11.8 Å². The molecule has 0 aliphatic carbocycles. The smallest absolute Gasteiger partial charge is 0.233 e. The highest BCUT2D eigenvalue weighted by atomic mass is 32.2. The van der Waals surface area contributed by atoms with Crippen molar-refractivity contribution in [1.29, 1.82) is 0 Å². The molecule has 1 aromatic carbocycles. The molecule has 0 atom stereocenters. The molecule has 1 heterocycles. The summed E-state index contributed by atoms with van der Waals surface area (Å²) in [6.45, 7) is 1.81. The Morgan fingerprint density at radius 3 is 2.76 bits per heavy atom. The fourth-order valence-electron chi connectivity index (χ4n) is 1.68. The Bertz CT molecular complexity index is 718. The molecule has 0 unspecified atom stereocenters. The molecule has 0 saturated heterocycles. The van der Waals surface area contributed by atoms with Crippen LogP contribution in [0.3, 0.4) is 0 Å². The zero-order valence-corrected chi connectivity index (χ0v) is 13.2. The maximum absolute atomic E-state index is 12.1. The Morgan fingerprint density at radius 2 is 2.05 bits per heavy atom. The van der Waals surface area contributed by atoms with Gasteiger partial charge in [-0.2, -0.15) is 0 Å². The van der Waals surface area contributed by atoms with Crippen LogP contribution in [0.25, 0.3) is 0 Å². The van der Waals surface area contributed by atoms with Gasteiger partial charge in [-0.1, -0.05) is 12.1 Å². The topological polar surface area (TPSA) is 85.1 Å². The Hall–Kier alpha value is -1.73. The molecule has 0 aliphatic heterocycles. The van der Waals surface area contributed by atoms with Crippen LogP contribution in [-0.2, 0) is 10.0 Å². The van der Waals surface area contributed by atoms with Gasteiger partial charge >= 0.3 is 0 Å². The Kier molecular flexibility index (Phi) is 5.08. The summed E-state index contributed by atoms with van der Waals surface area (Å²) in [6.07, 6.45) is 3.18. The zero-order chi connectivity index (χ0) is 15.3. The van der Waals surface area contributed by atoms with Gasteiger partial charge in [0.2, 0.25) is 10.0 Å². The standard InChI is InChI=1S/C14H17N3O2S2/c1-11-10-16-7-6-13(11)17-21(18,19)9-8-20-14-5-3-2-4-12(14)15/h2-7,10H,8-9,15H2,1H3,(H,16,17). The predicted molar refractivity (Wildman–Crippen MR) is 88.0 cm³/mol. The molecule has 2 rings (SSSR count). The highest BCUT2D eigenvalue weighted by Gasteiger charge is 2.12. The van der Waals surface area contributed by atoms with Crippen LogP contribution in [0.1, 0.15) is 5.56 Å². The molecule has 2 aromatic rings. The van der Waals surface area contributed by atoms with Crippen LogP contribution in [-0.4, -0.2) is 24.9 Å². The number of nitrogens with two attached hydrogens (primary N) is 1. The number of nitrogen functional groups attached to an aromatic ring is 1. The average molecular weight is 323 g/mol. The lowest BCUT2D eigenvalue weighted by Crippen LogP contribution is -2.18. The normalized spacial score (nSPS) is 11.3. The van der Waals surface area contributed by atoms with E-state index in [9.17, 15) is 8.42 Å². The molecule has 1 aromatic heterocycles. The van der Waals surface area contributed by atoms with Crippen LogP contribution in [0.2, 0.25) is 0 Å². The van der Waals surface area contributed by atoms with Crippen molar-refractivity contribution in [3.05, 3.63) is 48.3 Å². The van der Waals surface area contributed by atoms with Crippen molar-refractivity contribution in [3.8, 4) is 0 Å². The lowest BCUT2D eigenvalue weighted by molar-refractivity contribution is 0.602. The van der Waals surface area contributed by atoms with E-state index < -0.39 is 10.0 Å². The summed E-state index contributed by atoms with van der Waals surface area (Å²) in [4.78, 5) is 4.83.